The lowest BCUT2D eigenvalue weighted by Crippen LogP contribution is -2.44. The molecular weight excluding hydrogens is 224 g/mol. The van der Waals surface area contributed by atoms with Crippen molar-refractivity contribution in [3.63, 3.8) is 0 Å². The summed E-state index contributed by atoms with van der Waals surface area (Å²) in [5, 5.41) is 16.7. The Hall–Kier alpha value is -0.910. The van der Waals surface area contributed by atoms with Gasteiger partial charge in [-0.3, -0.25) is 4.79 Å². The number of aliphatic hydroxyl groups is 1. The van der Waals surface area contributed by atoms with Gasteiger partial charge < -0.3 is 15.3 Å². The van der Waals surface area contributed by atoms with Gasteiger partial charge in [0, 0.05) is 20.1 Å². The number of nitrogens with one attached hydrogen (secondary N) is 1. The Bertz CT molecular complexity index is 353. The first-order chi connectivity index (χ1) is 7.68. The molecule has 88 valence electrons. The van der Waals surface area contributed by atoms with E-state index < -0.39 is 6.10 Å². The summed E-state index contributed by atoms with van der Waals surface area (Å²) in [5.74, 6) is 0.0613. The highest BCUT2D eigenvalue weighted by Gasteiger charge is 2.30. The summed E-state index contributed by atoms with van der Waals surface area (Å²) in [4.78, 5) is 13.6. The van der Waals surface area contributed by atoms with Gasteiger partial charge in [0.15, 0.2) is 0 Å². The van der Waals surface area contributed by atoms with E-state index in [1.807, 2.05) is 16.8 Å². The van der Waals surface area contributed by atoms with Crippen LogP contribution < -0.4 is 5.32 Å². The molecule has 2 rings (SSSR count). The van der Waals surface area contributed by atoms with Crippen molar-refractivity contribution in [1.82, 2.24) is 10.2 Å². The van der Waals surface area contributed by atoms with Crippen LogP contribution in [0.15, 0.2) is 16.8 Å². The molecule has 0 aromatic carbocycles. The smallest absolute Gasteiger partial charge is 0.227 e. The highest BCUT2D eigenvalue weighted by Crippen LogP contribution is 2.12. The van der Waals surface area contributed by atoms with Crippen molar-refractivity contribution in [2.24, 2.45) is 0 Å². The molecule has 1 aliphatic heterocycles. The van der Waals surface area contributed by atoms with Crippen LogP contribution in [-0.2, 0) is 11.2 Å². The maximum Gasteiger partial charge on any atom is 0.227 e. The van der Waals surface area contributed by atoms with E-state index in [0.717, 1.165) is 5.56 Å². The van der Waals surface area contributed by atoms with E-state index in [0.29, 0.717) is 19.5 Å². The lowest BCUT2D eigenvalue weighted by Gasteiger charge is -2.26. The van der Waals surface area contributed by atoms with Crippen molar-refractivity contribution in [3.05, 3.63) is 22.4 Å². The lowest BCUT2D eigenvalue weighted by atomic mass is 10.1. The lowest BCUT2D eigenvalue weighted by molar-refractivity contribution is -0.132. The maximum absolute atomic E-state index is 11.9. The van der Waals surface area contributed by atoms with E-state index >= 15 is 0 Å². The van der Waals surface area contributed by atoms with Gasteiger partial charge in [0.05, 0.1) is 18.6 Å². The second kappa shape index (κ2) is 4.95. The third kappa shape index (κ3) is 2.42. The highest BCUT2D eigenvalue weighted by atomic mass is 32.1. The number of β-amino-alcohol motifs (C(OH)–C–C–N with tert-alkyl or cyclic N) is 1. The molecule has 2 N–H and O–H groups in total. The zero-order chi connectivity index (χ0) is 11.5. The third-order valence-corrected chi connectivity index (χ3v) is 3.71. The Morgan fingerprint density at radius 3 is 3.06 bits per heavy atom. The van der Waals surface area contributed by atoms with E-state index in [-0.39, 0.29) is 11.9 Å². The molecule has 0 bridgehead atoms. The number of carbonyl (C=O) groups is 1. The minimum absolute atomic E-state index is 0.0613. The van der Waals surface area contributed by atoms with E-state index in [4.69, 9.17) is 0 Å². The molecule has 2 unspecified atom stereocenters. The Labute approximate surface area is 98.9 Å². The number of thiophene rings is 1. The first-order valence-corrected chi connectivity index (χ1v) is 6.28. The number of nitrogens with zero attached hydrogens (tertiary/aromatic N) is 1. The van der Waals surface area contributed by atoms with E-state index in [9.17, 15) is 9.90 Å². The number of hydrogen-bond donors (Lipinski definition) is 2. The van der Waals surface area contributed by atoms with Crippen molar-refractivity contribution in [2.75, 3.05) is 20.1 Å². The molecule has 1 aromatic heterocycles. The zero-order valence-corrected chi connectivity index (χ0v) is 10.0. The first-order valence-electron chi connectivity index (χ1n) is 5.34. The van der Waals surface area contributed by atoms with E-state index in [1.54, 1.807) is 23.3 Å². The fourth-order valence-corrected chi connectivity index (χ4v) is 2.59. The predicted molar refractivity (Wildman–Crippen MR) is 63.5 cm³/mol. The normalized spacial score (nSPS) is 24.6. The molecule has 0 aliphatic carbocycles. The molecule has 5 heteroatoms. The van der Waals surface area contributed by atoms with E-state index in [1.165, 1.54) is 0 Å². The summed E-state index contributed by atoms with van der Waals surface area (Å²) in [5.41, 5.74) is 1.04. The molecule has 0 radical (unpaired) electrons. The highest BCUT2D eigenvalue weighted by molar-refractivity contribution is 7.07. The summed E-state index contributed by atoms with van der Waals surface area (Å²) >= 11 is 1.59. The molecule has 1 saturated heterocycles. The summed E-state index contributed by atoms with van der Waals surface area (Å²) in [6.07, 6.45) is -0.0279. The number of amides is 1. The molecule has 0 saturated carbocycles. The van der Waals surface area contributed by atoms with Crippen molar-refractivity contribution in [1.29, 1.82) is 0 Å². The molecule has 2 atom stereocenters. The fourth-order valence-electron chi connectivity index (χ4n) is 1.92. The van der Waals surface area contributed by atoms with Gasteiger partial charge in [0.2, 0.25) is 5.91 Å². The van der Waals surface area contributed by atoms with Gasteiger partial charge in [-0.15, -0.1) is 0 Å². The maximum atomic E-state index is 11.9. The molecule has 0 spiro atoms. The molecule has 16 heavy (non-hydrogen) atoms. The Morgan fingerprint density at radius 2 is 2.50 bits per heavy atom. The van der Waals surface area contributed by atoms with Gasteiger partial charge in [-0.25, -0.2) is 0 Å². The van der Waals surface area contributed by atoms with Gasteiger partial charge in [0.1, 0.15) is 0 Å². The molecule has 2 heterocycles. The molecular formula is C11H16N2O2S. The average Bonchev–Trinajstić information content (AvgIpc) is 2.88. The number of aliphatic hydroxyl groups excluding tert-OH is 1. The van der Waals surface area contributed by atoms with Gasteiger partial charge in [0.25, 0.3) is 0 Å². The average molecular weight is 240 g/mol. The molecule has 1 fully saturated rings. The molecule has 1 amide bonds. The first kappa shape index (κ1) is 11.6. The van der Waals surface area contributed by atoms with Crippen LogP contribution in [0.2, 0.25) is 0 Å². The second-order valence-corrected chi connectivity index (χ2v) is 4.89. The largest absolute Gasteiger partial charge is 0.390 e. The van der Waals surface area contributed by atoms with Crippen LogP contribution in [0.25, 0.3) is 0 Å². The van der Waals surface area contributed by atoms with Gasteiger partial charge >= 0.3 is 0 Å². The topological polar surface area (TPSA) is 52.6 Å². The van der Waals surface area contributed by atoms with Crippen LogP contribution in [0.3, 0.4) is 0 Å². The number of likely N-dealkylation sites (N-methyl/N-ethyl adjacent to an activating group) is 1. The van der Waals surface area contributed by atoms with Gasteiger partial charge in [-0.2, -0.15) is 11.3 Å². The number of rotatable bonds is 3. The van der Waals surface area contributed by atoms with Crippen molar-refractivity contribution < 1.29 is 9.90 Å². The van der Waals surface area contributed by atoms with Gasteiger partial charge in [-0.1, -0.05) is 0 Å². The van der Waals surface area contributed by atoms with Crippen LogP contribution in [0.4, 0.5) is 0 Å². The molecule has 1 aliphatic rings. The minimum Gasteiger partial charge on any atom is -0.390 e. The van der Waals surface area contributed by atoms with Crippen LogP contribution in [-0.4, -0.2) is 48.2 Å². The Balaban J connectivity index is 1.94. The Morgan fingerprint density at radius 1 is 1.69 bits per heavy atom. The fraction of sp³-hybridized carbons (Fsp3) is 0.545. The van der Waals surface area contributed by atoms with Crippen LogP contribution >= 0.6 is 11.3 Å². The van der Waals surface area contributed by atoms with Crippen molar-refractivity contribution >= 4 is 17.2 Å². The molecule has 1 aromatic rings. The van der Waals surface area contributed by atoms with Crippen LogP contribution in [0, 0.1) is 0 Å². The standard InChI is InChI=1S/C11H16N2O2S/c1-13(9-5-12-6-10(9)14)11(15)4-8-2-3-16-7-8/h2-3,7,9-10,12,14H,4-6H2,1H3. The quantitative estimate of drug-likeness (QED) is 0.787. The minimum atomic E-state index is -0.448. The van der Waals surface area contributed by atoms with Crippen molar-refractivity contribution in [2.45, 2.75) is 18.6 Å². The van der Waals surface area contributed by atoms with Gasteiger partial charge in [-0.05, 0) is 22.4 Å². The number of hydrogen-bond acceptors (Lipinski definition) is 4. The number of carbonyl (C=O) groups excluding carboxylic acids is 1. The summed E-state index contributed by atoms with van der Waals surface area (Å²) in [6, 6.07) is 1.87. The summed E-state index contributed by atoms with van der Waals surface area (Å²) < 4.78 is 0. The van der Waals surface area contributed by atoms with Crippen LogP contribution in [0.5, 0.6) is 0 Å². The summed E-state index contributed by atoms with van der Waals surface area (Å²) in [6.45, 7) is 1.24. The van der Waals surface area contributed by atoms with Crippen LogP contribution in [0.1, 0.15) is 5.56 Å². The monoisotopic (exact) mass is 240 g/mol. The molecule has 4 nitrogen and oxygen atoms in total. The SMILES string of the molecule is CN(C(=O)Cc1ccsc1)C1CNCC1O. The van der Waals surface area contributed by atoms with E-state index in [2.05, 4.69) is 5.32 Å². The predicted octanol–water partition coefficient (Wildman–Crippen LogP) is 0.0817. The Kier molecular flexibility index (Phi) is 3.58. The zero-order valence-electron chi connectivity index (χ0n) is 9.22. The third-order valence-electron chi connectivity index (χ3n) is 2.98. The second-order valence-electron chi connectivity index (χ2n) is 4.11. The van der Waals surface area contributed by atoms with Crippen molar-refractivity contribution in [3.8, 4) is 0 Å². The summed E-state index contributed by atoms with van der Waals surface area (Å²) in [7, 11) is 1.76.